The minimum Gasteiger partial charge on any atom is -0.481 e. The number of hydrogen-bond donors (Lipinski definition) is 0. The minimum absolute atomic E-state index is 0.433. The monoisotopic (exact) mass is 566 g/mol. The lowest BCUT2D eigenvalue weighted by Gasteiger charge is -2.13. The molecule has 2 heterocycles. The second kappa shape index (κ2) is 13.0. The Morgan fingerprint density at radius 1 is 0.558 bits per heavy atom. The van der Waals surface area contributed by atoms with Gasteiger partial charge in [-0.25, -0.2) is 9.98 Å². The molecule has 1 aliphatic heterocycles. The second-order valence-electron chi connectivity index (χ2n) is 9.78. The summed E-state index contributed by atoms with van der Waals surface area (Å²) in [7, 11) is 3.12. The van der Waals surface area contributed by atoms with Crippen molar-refractivity contribution in [3.63, 3.8) is 0 Å². The van der Waals surface area contributed by atoms with Gasteiger partial charge >= 0.3 is 0 Å². The molecule has 7 nitrogen and oxygen atoms in total. The van der Waals surface area contributed by atoms with Gasteiger partial charge < -0.3 is 14.2 Å². The fraction of sp³-hybridized carbons (Fsp3) is 0.111. The first-order valence-corrected chi connectivity index (χ1v) is 14.0. The SMILES string of the molecule is COc1cc(OC)nc(-c2ccc(Oc3ccc(C4=N/C(c5ccccc5)=C\CCC(c5ccccc5)=N4)cc3)cc2)n1. The van der Waals surface area contributed by atoms with Gasteiger partial charge in [-0.15, -0.1) is 0 Å². The molecule has 0 spiro atoms. The molecule has 1 aliphatic rings. The van der Waals surface area contributed by atoms with Crippen molar-refractivity contribution in [2.45, 2.75) is 12.8 Å². The summed E-state index contributed by atoms with van der Waals surface area (Å²) in [6, 6.07) is 37.6. The predicted octanol–water partition coefficient (Wildman–Crippen LogP) is 8.02. The molecule has 0 atom stereocenters. The van der Waals surface area contributed by atoms with E-state index in [-0.39, 0.29) is 0 Å². The first-order valence-electron chi connectivity index (χ1n) is 14.0. The standard InChI is InChI=1S/C36H30N4O3/c1-41-33-24-34(42-2)40-36(39-33)28-18-22-30(23-19-28)43-29-20-16-27(17-21-29)35-37-31(25-10-5-3-6-11-25)14-9-15-32(38-35)26-12-7-4-8-13-26/h3-8,10-14,16-24H,9,15H2,1-2H3/b31-14-,37-35?,38-32?. The summed E-state index contributed by atoms with van der Waals surface area (Å²) in [5, 5.41) is 0. The number of amidine groups is 1. The average molecular weight is 567 g/mol. The lowest BCUT2D eigenvalue weighted by Crippen LogP contribution is -2.09. The molecule has 4 aromatic carbocycles. The topological polar surface area (TPSA) is 78.2 Å². The summed E-state index contributed by atoms with van der Waals surface area (Å²) in [5.41, 5.74) is 5.83. The molecule has 0 N–H and O–H groups in total. The number of methoxy groups -OCH3 is 2. The van der Waals surface area contributed by atoms with Crippen LogP contribution in [0.4, 0.5) is 0 Å². The van der Waals surface area contributed by atoms with Crippen LogP contribution in [0.25, 0.3) is 17.1 Å². The van der Waals surface area contributed by atoms with E-state index in [1.54, 1.807) is 20.3 Å². The van der Waals surface area contributed by atoms with Crippen LogP contribution < -0.4 is 14.2 Å². The van der Waals surface area contributed by atoms with Crippen LogP contribution in [0.15, 0.2) is 131 Å². The van der Waals surface area contributed by atoms with Crippen LogP contribution in [0, 0.1) is 0 Å². The van der Waals surface area contributed by atoms with Gasteiger partial charge in [-0.05, 0) is 72.5 Å². The van der Waals surface area contributed by atoms with E-state index in [4.69, 9.17) is 24.2 Å². The Morgan fingerprint density at radius 2 is 1.12 bits per heavy atom. The van der Waals surface area contributed by atoms with Crippen LogP contribution in [0.2, 0.25) is 0 Å². The van der Waals surface area contributed by atoms with E-state index in [1.165, 1.54) is 0 Å². The van der Waals surface area contributed by atoms with Crippen molar-refractivity contribution in [3.05, 3.63) is 138 Å². The smallest absolute Gasteiger partial charge is 0.220 e. The number of allylic oxidation sites excluding steroid dienone is 1. The number of ether oxygens (including phenoxy) is 3. The number of aliphatic imine (C=N–C) groups is 2. The molecule has 7 heteroatoms. The van der Waals surface area contributed by atoms with Crippen molar-refractivity contribution < 1.29 is 14.2 Å². The molecule has 5 aromatic rings. The molecule has 0 saturated heterocycles. The molecule has 212 valence electrons. The molecule has 0 saturated carbocycles. The summed E-state index contributed by atoms with van der Waals surface area (Å²) in [6.07, 6.45) is 3.88. The van der Waals surface area contributed by atoms with Gasteiger partial charge in [0.15, 0.2) is 11.7 Å². The van der Waals surface area contributed by atoms with E-state index >= 15 is 0 Å². The zero-order valence-electron chi connectivity index (χ0n) is 24.0. The average Bonchev–Trinajstić information content (AvgIpc) is 3.06. The van der Waals surface area contributed by atoms with Gasteiger partial charge in [-0.2, -0.15) is 9.97 Å². The van der Waals surface area contributed by atoms with Crippen molar-refractivity contribution in [2.75, 3.05) is 14.2 Å². The molecule has 0 bridgehead atoms. The van der Waals surface area contributed by atoms with Gasteiger partial charge in [0, 0.05) is 11.1 Å². The lowest BCUT2D eigenvalue weighted by atomic mass is 10.0. The summed E-state index contributed by atoms with van der Waals surface area (Å²) in [5.74, 6) is 3.43. The largest absolute Gasteiger partial charge is 0.481 e. The highest BCUT2D eigenvalue weighted by Crippen LogP contribution is 2.28. The first-order chi connectivity index (χ1) is 21.2. The van der Waals surface area contributed by atoms with Gasteiger partial charge in [-0.1, -0.05) is 66.7 Å². The fourth-order valence-corrected chi connectivity index (χ4v) is 4.70. The van der Waals surface area contributed by atoms with Crippen LogP contribution >= 0.6 is 0 Å². The van der Waals surface area contributed by atoms with Crippen LogP contribution in [0.3, 0.4) is 0 Å². The Bertz CT molecular complexity index is 1760. The van der Waals surface area contributed by atoms with E-state index in [1.807, 2.05) is 84.9 Å². The third kappa shape index (κ3) is 6.68. The highest BCUT2D eigenvalue weighted by atomic mass is 16.5. The van der Waals surface area contributed by atoms with E-state index in [2.05, 4.69) is 40.3 Å². The maximum atomic E-state index is 6.15. The van der Waals surface area contributed by atoms with E-state index in [0.29, 0.717) is 34.9 Å². The normalized spacial score (nSPS) is 14.3. The van der Waals surface area contributed by atoms with Crippen LogP contribution in [-0.4, -0.2) is 35.7 Å². The second-order valence-corrected chi connectivity index (χ2v) is 9.78. The zero-order chi connectivity index (χ0) is 29.4. The summed E-state index contributed by atoms with van der Waals surface area (Å²) < 4.78 is 16.7. The number of rotatable bonds is 8. The van der Waals surface area contributed by atoms with Gasteiger partial charge in [0.2, 0.25) is 11.8 Å². The molecule has 6 rings (SSSR count). The Kier molecular flexibility index (Phi) is 8.32. The van der Waals surface area contributed by atoms with Crippen LogP contribution in [-0.2, 0) is 0 Å². The maximum Gasteiger partial charge on any atom is 0.220 e. The first kappa shape index (κ1) is 27.6. The molecule has 0 fully saturated rings. The van der Waals surface area contributed by atoms with Crippen molar-refractivity contribution >= 4 is 17.2 Å². The summed E-state index contributed by atoms with van der Waals surface area (Å²) >= 11 is 0. The highest BCUT2D eigenvalue weighted by molar-refractivity contribution is 6.14. The number of nitrogens with zero attached hydrogens (tertiary/aromatic N) is 4. The van der Waals surface area contributed by atoms with Crippen LogP contribution in [0.1, 0.15) is 29.5 Å². The number of benzene rings is 4. The van der Waals surface area contributed by atoms with Crippen molar-refractivity contribution in [2.24, 2.45) is 9.98 Å². The molecular weight excluding hydrogens is 536 g/mol. The third-order valence-electron chi connectivity index (χ3n) is 6.92. The molecule has 0 aliphatic carbocycles. The molecule has 43 heavy (non-hydrogen) atoms. The van der Waals surface area contributed by atoms with Gasteiger partial charge in [-0.3, -0.25) is 0 Å². The third-order valence-corrected chi connectivity index (χ3v) is 6.92. The van der Waals surface area contributed by atoms with E-state index < -0.39 is 0 Å². The highest BCUT2D eigenvalue weighted by Gasteiger charge is 2.13. The van der Waals surface area contributed by atoms with Crippen molar-refractivity contribution in [1.82, 2.24) is 9.97 Å². The fourth-order valence-electron chi connectivity index (χ4n) is 4.70. The Hall–Kier alpha value is -5.56. The summed E-state index contributed by atoms with van der Waals surface area (Å²) in [6.45, 7) is 0. The Balaban J connectivity index is 1.26. The minimum atomic E-state index is 0.433. The Morgan fingerprint density at radius 3 is 1.70 bits per heavy atom. The van der Waals surface area contributed by atoms with Crippen molar-refractivity contribution in [1.29, 1.82) is 0 Å². The van der Waals surface area contributed by atoms with E-state index in [9.17, 15) is 0 Å². The van der Waals surface area contributed by atoms with Crippen LogP contribution in [0.5, 0.6) is 23.3 Å². The van der Waals surface area contributed by atoms with Gasteiger partial charge in [0.1, 0.15) is 11.5 Å². The predicted molar refractivity (Wildman–Crippen MR) is 170 cm³/mol. The quantitative estimate of drug-likeness (QED) is 0.190. The molecular formula is C36H30N4O3. The molecule has 0 amide bonds. The number of hydrogen-bond acceptors (Lipinski definition) is 7. The lowest BCUT2D eigenvalue weighted by molar-refractivity contribution is 0.372. The Labute approximate surface area is 250 Å². The van der Waals surface area contributed by atoms with Gasteiger partial charge in [0.25, 0.3) is 0 Å². The van der Waals surface area contributed by atoms with E-state index in [0.717, 1.165) is 46.5 Å². The van der Waals surface area contributed by atoms with Gasteiger partial charge in [0.05, 0.1) is 31.7 Å². The molecule has 0 unspecified atom stereocenters. The zero-order valence-corrected chi connectivity index (χ0v) is 24.0. The van der Waals surface area contributed by atoms with Crippen molar-refractivity contribution in [3.8, 4) is 34.6 Å². The maximum absolute atomic E-state index is 6.15. The number of aromatic nitrogens is 2. The summed E-state index contributed by atoms with van der Waals surface area (Å²) in [4.78, 5) is 19.0. The molecule has 1 aromatic heterocycles. The molecule has 0 radical (unpaired) electrons.